The second-order valence-corrected chi connectivity index (χ2v) is 7.36. The first-order chi connectivity index (χ1) is 15.4. The van der Waals surface area contributed by atoms with Gasteiger partial charge in [-0.3, -0.25) is 9.59 Å². The zero-order valence-electron chi connectivity index (χ0n) is 18.2. The number of methoxy groups -OCH3 is 2. The number of carbonyl (C=O) groups is 1. The minimum absolute atomic E-state index is 0.137. The molecule has 0 bridgehead atoms. The molecule has 168 valence electrons. The molecule has 3 rings (SSSR count). The Morgan fingerprint density at radius 1 is 1.09 bits per heavy atom. The van der Waals surface area contributed by atoms with Gasteiger partial charge in [0.15, 0.2) is 17.6 Å². The number of hydrogen-bond donors (Lipinski definition) is 1. The maximum absolute atomic E-state index is 12.8. The highest BCUT2D eigenvalue weighted by molar-refractivity contribution is 6.30. The first-order valence-corrected chi connectivity index (χ1v) is 10.3. The predicted molar refractivity (Wildman–Crippen MR) is 122 cm³/mol. The number of aryl methyl sites for hydroxylation is 1. The highest BCUT2D eigenvalue weighted by Crippen LogP contribution is 2.30. The van der Waals surface area contributed by atoms with E-state index in [1.54, 1.807) is 36.4 Å². The van der Waals surface area contributed by atoms with Crippen molar-refractivity contribution in [2.75, 3.05) is 19.5 Å². The summed E-state index contributed by atoms with van der Waals surface area (Å²) in [5, 5.41) is 7.56. The van der Waals surface area contributed by atoms with E-state index in [0.717, 1.165) is 5.56 Å². The van der Waals surface area contributed by atoms with Crippen molar-refractivity contribution < 1.29 is 19.0 Å². The fourth-order valence-corrected chi connectivity index (χ4v) is 3.21. The second-order valence-electron chi connectivity index (χ2n) is 6.93. The lowest BCUT2D eigenvalue weighted by atomic mass is 10.2. The molecule has 0 aliphatic heterocycles. The van der Waals surface area contributed by atoms with Crippen molar-refractivity contribution in [3.05, 3.63) is 69.5 Å². The Kier molecular flexibility index (Phi) is 7.37. The van der Waals surface area contributed by atoms with Crippen LogP contribution in [-0.2, 0) is 4.79 Å². The summed E-state index contributed by atoms with van der Waals surface area (Å²) in [6.45, 7) is 3.66. The highest BCUT2D eigenvalue weighted by atomic mass is 35.5. The molecule has 9 heteroatoms. The molecule has 1 atom stereocenters. The Hall–Kier alpha value is -3.52. The van der Waals surface area contributed by atoms with Crippen molar-refractivity contribution in [2.24, 2.45) is 0 Å². The summed E-state index contributed by atoms with van der Waals surface area (Å²) < 4.78 is 17.5. The first-order valence-electron chi connectivity index (χ1n) is 9.92. The van der Waals surface area contributed by atoms with Crippen molar-refractivity contribution in [2.45, 2.75) is 26.4 Å². The number of hydrogen-bond acceptors (Lipinski definition) is 6. The molecule has 0 fully saturated rings. The first kappa shape index (κ1) is 23.1. The lowest BCUT2D eigenvalue weighted by molar-refractivity contribution is -0.123. The Morgan fingerprint density at radius 2 is 1.84 bits per heavy atom. The molecule has 1 amide bonds. The SMILES string of the molecule is CCC(Oc1ccc(=O)n(-c2cc(Cl)ccc2C)n1)C(=O)Nc1ccc(OC)c(OC)c1. The van der Waals surface area contributed by atoms with Gasteiger partial charge in [0.1, 0.15) is 0 Å². The number of aromatic nitrogens is 2. The van der Waals surface area contributed by atoms with E-state index in [2.05, 4.69) is 10.4 Å². The van der Waals surface area contributed by atoms with E-state index in [9.17, 15) is 9.59 Å². The Bertz CT molecular complexity index is 1180. The van der Waals surface area contributed by atoms with Gasteiger partial charge in [0.05, 0.1) is 19.9 Å². The molecule has 0 saturated carbocycles. The predicted octanol–water partition coefficient (Wildman–Crippen LogP) is 4.01. The van der Waals surface area contributed by atoms with Crippen LogP contribution < -0.4 is 25.1 Å². The monoisotopic (exact) mass is 457 g/mol. The number of amides is 1. The van der Waals surface area contributed by atoms with Crippen LogP contribution in [0.2, 0.25) is 5.02 Å². The lowest BCUT2D eigenvalue weighted by Gasteiger charge is -2.18. The molecule has 0 aliphatic rings. The number of ether oxygens (including phenoxy) is 3. The molecule has 3 aromatic rings. The van der Waals surface area contributed by atoms with E-state index in [4.69, 9.17) is 25.8 Å². The molecular formula is C23H24ClN3O5. The van der Waals surface area contributed by atoms with E-state index < -0.39 is 6.10 Å². The van der Waals surface area contributed by atoms with Crippen LogP contribution in [0.5, 0.6) is 17.4 Å². The molecule has 1 heterocycles. The van der Waals surface area contributed by atoms with Crippen molar-refractivity contribution in [3.8, 4) is 23.1 Å². The number of rotatable bonds is 8. The van der Waals surface area contributed by atoms with Crippen LogP contribution in [0.25, 0.3) is 5.69 Å². The maximum atomic E-state index is 12.8. The van der Waals surface area contributed by atoms with Crippen LogP contribution in [0.1, 0.15) is 18.9 Å². The Morgan fingerprint density at radius 3 is 2.53 bits per heavy atom. The topological polar surface area (TPSA) is 91.7 Å². The lowest BCUT2D eigenvalue weighted by Crippen LogP contribution is -2.33. The van der Waals surface area contributed by atoms with Crippen LogP contribution in [0, 0.1) is 6.92 Å². The molecule has 1 unspecified atom stereocenters. The van der Waals surface area contributed by atoms with E-state index >= 15 is 0 Å². The third-order valence-corrected chi connectivity index (χ3v) is 4.99. The van der Waals surface area contributed by atoms with Gasteiger partial charge in [-0.25, -0.2) is 0 Å². The van der Waals surface area contributed by atoms with Gasteiger partial charge >= 0.3 is 0 Å². The number of nitrogens with one attached hydrogen (secondary N) is 1. The van der Waals surface area contributed by atoms with Crippen LogP contribution in [0.3, 0.4) is 0 Å². The molecule has 0 radical (unpaired) electrons. The third-order valence-electron chi connectivity index (χ3n) is 4.75. The second kappa shape index (κ2) is 10.2. The molecule has 1 aromatic heterocycles. The summed E-state index contributed by atoms with van der Waals surface area (Å²) in [6, 6.07) is 13.0. The van der Waals surface area contributed by atoms with E-state index in [1.165, 1.54) is 31.0 Å². The zero-order valence-corrected chi connectivity index (χ0v) is 19.0. The van der Waals surface area contributed by atoms with Crippen LogP contribution in [0.4, 0.5) is 5.69 Å². The van der Waals surface area contributed by atoms with Crippen molar-refractivity contribution in [1.29, 1.82) is 0 Å². The van der Waals surface area contributed by atoms with Gasteiger partial charge in [-0.15, -0.1) is 5.10 Å². The molecule has 2 aromatic carbocycles. The highest BCUT2D eigenvalue weighted by Gasteiger charge is 2.20. The van der Waals surface area contributed by atoms with Gasteiger partial charge in [-0.2, -0.15) is 4.68 Å². The van der Waals surface area contributed by atoms with Crippen LogP contribution in [-0.4, -0.2) is 36.0 Å². The summed E-state index contributed by atoms with van der Waals surface area (Å²) in [5.41, 5.74) is 1.54. The molecule has 1 N–H and O–H groups in total. The zero-order chi connectivity index (χ0) is 23.3. The third kappa shape index (κ3) is 5.20. The summed E-state index contributed by atoms with van der Waals surface area (Å²) in [4.78, 5) is 25.2. The number of anilines is 1. The van der Waals surface area contributed by atoms with Gasteiger partial charge in [-0.05, 0) is 43.2 Å². The number of carbonyl (C=O) groups excluding carboxylic acids is 1. The fourth-order valence-electron chi connectivity index (χ4n) is 3.05. The molecule has 0 aliphatic carbocycles. The maximum Gasteiger partial charge on any atom is 0.271 e. The summed E-state index contributed by atoms with van der Waals surface area (Å²) in [6.07, 6.45) is -0.446. The normalized spacial score (nSPS) is 11.5. The average Bonchev–Trinajstić information content (AvgIpc) is 2.79. The summed E-state index contributed by atoms with van der Waals surface area (Å²) >= 11 is 6.08. The number of nitrogens with zero attached hydrogens (tertiary/aromatic N) is 2. The van der Waals surface area contributed by atoms with Crippen molar-refractivity contribution in [1.82, 2.24) is 9.78 Å². The van der Waals surface area contributed by atoms with E-state index in [-0.39, 0.29) is 17.3 Å². The van der Waals surface area contributed by atoms with Gasteiger partial charge in [-0.1, -0.05) is 24.6 Å². The summed E-state index contributed by atoms with van der Waals surface area (Å²) in [5.74, 6) is 0.818. The number of benzene rings is 2. The fraction of sp³-hybridized carbons (Fsp3) is 0.261. The van der Waals surface area contributed by atoms with Crippen LogP contribution in [0.15, 0.2) is 53.3 Å². The molecular weight excluding hydrogens is 434 g/mol. The van der Waals surface area contributed by atoms with E-state index in [0.29, 0.717) is 34.3 Å². The standard InChI is InChI=1S/C23H24ClN3O5/c1-5-18(23(29)25-16-8-9-19(30-3)20(13-16)31-4)32-21-10-11-22(28)27(26-21)17-12-15(24)7-6-14(17)2/h6-13,18H,5H2,1-4H3,(H,25,29). The quantitative estimate of drug-likeness (QED) is 0.549. The van der Waals surface area contributed by atoms with Crippen molar-refractivity contribution in [3.63, 3.8) is 0 Å². The van der Waals surface area contributed by atoms with Gasteiger partial charge in [0, 0.05) is 28.9 Å². The minimum atomic E-state index is -0.831. The number of halogens is 1. The average molecular weight is 458 g/mol. The molecule has 0 saturated heterocycles. The molecule has 8 nitrogen and oxygen atoms in total. The molecule has 32 heavy (non-hydrogen) atoms. The molecule has 0 spiro atoms. The van der Waals surface area contributed by atoms with Gasteiger partial charge < -0.3 is 19.5 Å². The Labute approximate surface area is 190 Å². The summed E-state index contributed by atoms with van der Waals surface area (Å²) in [7, 11) is 3.05. The van der Waals surface area contributed by atoms with Gasteiger partial charge in [0.2, 0.25) is 5.88 Å². The largest absolute Gasteiger partial charge is 0.493 e. The van der Waals surface area contributed by atoms with Gasteiger partial charge in [0.25, 0.3) is 11.5 Å². The smallest absolute Gasteiger partial charge is 0.271 e. The Balaban J connectivity index is 1.82. The van der Waals surface area contributed by atoms with E-state index in [1.807, 2.05) is 13.8 Å². The van der Waals surface area contributed by atoms with Crippen molar-refractivity contribution >= 4 is 23.2 Å². The minimum Gasteiger partial charge on any atom is -0.493 e. The van der Waals surface area contributed by atoms with Crippen LogP contribution >= 0.6 is 11.6 Å².